The molecule has 0 bridgehead atoms. The summed E-state index contributed by atoms with van der Waals surface area (Å²) >= 11 is 0. The Morgan fingerprint density at radius 1 is 1.06 bits per heavy atom. The Morgan fingerprint density at radius 2 is 1.74 bits per heavy atom. The summed E-state index contributed by atoms with van der Waals surface area (Å²) in [7, 11) is 0. The van der Waals surface area contributed by atoms with E-state index in [2.05, 4.69) is 0 Å². The Morgan fingerprint density at radius 3 is 2.42 bits per heavy atom. The summed E-state index contributed by atoms with van der Waals surface area (Å²) in [6.45, 7) is -0.684. The summed E-state index contributed by atoms with van der Waals surface area (Å²) in [5, 5.41) is 39.5. The zero-order chi connectivity index (χ0) is 22.8. The Balaban J connectivity index is 1.79. The lowest BCUT2D eigenvalue weighted by atomic mass is 9.85. The molecule has 1 fully saturated rings. The van der Waals surface area contributed by atoms with E-state index >= 15 is 0 Å². The van der Waals surface area contributed by atoms with Crippen molar-refractivity contribution in [3.05, 3.63) is 29.8 Å². The van der Waals surface area contributed by atoms with Gasteiger partial charge in [0.2, 0.25) is 0 Å². The molecule has 1 unspecified atom stereocenters. The first kappa shape index (κ1) is 25.2. The van der Waals surface area contributed by atoms with Crippen molar-refractivity contribution in [3.8, 4) is 5.75 Å². The van der Waals surface area contributed by atoms with E-state index in [4.69, 9.17) is 9.84 Å². The maximum atomic E-state index is 12.7. The third-order valence-electron chi connectivity index (χ3n) is 6.02. The maximum absolute atomic E-state index is 12.7. The molecule has 0 heterocycles. The van der Waals surface area contributed by atoms with Gasteiger partial charge in [0.15, 0.2) is 6.10 Å². The number of aliphatic carboxylic acids is 1. The molecule has 0 saturated heterocycles. The number of aliphatic hydroxyl groups excluding tert-OH is 3. The van der Waals surface area contributed by atoms with Gasteiger partial charge in [0, 0.05) is 6.42 Å². The van der Waals surface area contributed by atoms with Crippen molar-refractivity contribution >= 4 is 11.9 Å². The van der Waals surface area contributed by atoms with Crippen molar-refractivity contribution in [2.45, 2.75) is 82.8 Å². The third-order valence-corrected chi connectivity index (χ3v) is 6.02. The van der Waals surface area contributed by atoms with Crippen molar-refractivity contribution in [2.24, 2.45) is 11.8 Å². The van der Waals surface area contributed by atoms with Crippen molar-refractivity contribution in [1.29, 1.82) is 0 Å². The van der Waals surface area contributed by atoms with Crippen LogP contribution < -0.4 is 4.74 Å². The first-order valence-corrected chi connectivity index (χ1v) is 10.9. The molecule has 0 aliphatic heterocycles. The first-order chi connectivity index (χ1) is 14.8. The Labute approximate surface area is 181 Å². The van der Waals surface area contributed by atoms with E-state index in [-0.39, 0.29) is 36.8 Å². The fourth-order valence-electron chi connectivity index (χ4n) is 4.33. The topological polar surface area (TPSA) is 124 Å². The number of esters is 1. The minimum absolute atomic E-state index is 0.0885. The lowest BCUT2D eigenvalue weighted by molar-refractivity contribution is -0.144. The number of halogens is 1. The molecule has 0 spiro atoms. The molecule has 2 rings (SSSR count). The zero-order valence-electron chi connectivity index (χ0n) is 17.7. The van der Waals surface area contributed by atoms with Gasteiger partial charge in [0.05, 0.1) is 12.2 Å². The molecule has 1 aliphatic rings. The van der Waals surface area contributed by atoms with Crippen LogP contribution in [0, 0.1) is 11.8 Å². The monoisotopic (exact) mass is 440 g/mol. The van der Waals surface area contributed by atoms with Crippen LogP contribution in [-0.2, 0) is 16.3 Å². The number of alkyl halides is 1. The summed E-state index contributed by atoms with van der Waals surface area (Å²) in [6, 6.07) is 6.03. The number of aliphatic hydroxyl groups is 3. The molecule has 174 valence electrons. The first-order valence-electron chi connectivity index (χ1n) is 10.9. The van der Waals surface area contributed by atoms with Crippen LogP contribution in [0.15, 0.2) is 24.3 Å². The highest BCUT2D eigenvalue weighted by atomic mass is 19.1. The lowest BCUT2D eigenvalue weighted by Crippen LogP contribution is -2.29. The number of rotatable bonds is 13. The van der Waals surface area contributed by atoms with Gasteiger partial charge < -0.3 is 25.2 Å². The molecule has 0 radical (unpaired) electrons. The van der Waals surface area contributed by atoms with Crippen LogP contribution in [0.3, 0.4) is 0 Å². The van der Waals surface area contributed by atoms with Gasteiger partial charge in [0.1, 0.15) is 12.4 Å². The molecule has 4 N–H and O–H groups in total. The van der Waals surface area contributed by atoms with Gasteiger partial charge in [-0.15, -0.1) is 0 Å². The Bertz CT molecular complexity index is 711. The molecule has 0 amide bonds. The molecule has 1 aromatic carbocycles. The van der Waals surface area contributed by atoms with Crippen LogP contribution in [0.4, 0.5) is 4.39 Å². The highest BCUT2D eigenvalue weighted by Gasteiger charge is 2.41. The average Bonchev–Trinajstić information content (AvgIpc) is 3.00. The molecular weight excluding hydrogens is 407 g/mol. The fourth-order valence-corrected chi connectivity index (χ4v) is 4.33. The molecule has 1 aromatic rings. The molecule has 5 atom stereocenters. The second kappa shape index (κ2) is 12.7. The van der Waals surface area contributed by atoms with Gasteiger partial charge >= 0.3 is 11.9 Å². The second-order valence-electron chi connectivity index (χ2n) is 8.34. The van der Waals surface area contributed by atoms with Crippen LogP contribution in [-0.4, -0.2) is 50.7 Å². The quantitative estimate of drug-likeness (QED) is 0.211. The maximum Gasteiger partial charge on any atom is 0.340 e. The Kier molecular flexibility index (Phi) is 10.4. The molecule has 1 aliphatic carbocycles. The summed E-state index contributed by atoms with van der Waals surface area (Å²) in [5.74, 6) is -1.83. The predicted octanol–water partition coefficient (Wildman–Crippen LogP) is 2.99. The lowest BCUT2D eigenvalue weighted by Gasteiger charge is -2.24. The van der Waals surface area contributed by atoms with Gasteiger partial charge in [-0.1, -0.05) is 31.4 Å². The summed E-state index contributed by atoms with van der Waals surface area (Å²) in [5.41, 5.74) is 0.369. The number of hydrogen-bond acceptors (Lipinski definition) is 6. The number of unbranched alkanes of at least 4 members (excludes halogenated alkanes) is 3. The van der Waals surface area contributed by atoms with Gasteiger partial charge in [-0.3, -0.25) is 4.79 Å². The predicted molar refractivity (Wildman–Crippen MR) is 111 cm³/mol. The highest BCUT2D eigenvalue weighted by molar-refractivity contribution is 5.76. The number of benzene rings is 1. The fraction of sp³-hybridized carbons (Fsp3) is 0.652. The molecular formula is C23H33FO7. The number of carbonyl (C=O) groups excluding carboxylic acids is 1. The number of carboxylic acid groups (broad SMARTS) is 1. The second-order valence-corrected chi connectivity index (χ2v) is 8.34. The van der Waals surface area contributed by atoms with Gasteiger partial charge in [-0.25, -0.2) is 9.18 Å². The minimum atomic E-state index is -1.38. The van der Waals surface area contributed by atoms with Crippen molar-refractivity contribution < 1.29 is 39.1 Å². The highest BCUT2D eigenvalue weighted by Crippen LogP contribution is 2.39. The number of carboxylic acids is 1. The van der Waals surface area contributed by atoms with E-state index in [1.165, 1.54) is 12.1 Å². The SMILES string of the molecule is O=C(O)CCCCCC[C@@H]1[C@@H](CCC(O)C(=O)Oc2cccc(CF)c2)[C@H](O)C[C@@H]1O. The van der Waals surface area contributed by atoms with Crippen molar-refractivity contribution in [2.75, 3.05) is 0 Å². The zero-order valence-corrected chi connectivity index (χ0v) is 17.7. The summed E-state index contributed by atoms with van der Waals surface area (Å²) < 4.78 is 17.8. The van der Waals surface area contributed by atoms with Crippen LogP contribution in [0.2, 0.25) is 0 Å². The summed E-state index contributed by atoms with van der Waals surface area (Å²) in [6.07, 6.45) is 1.96. The minimum Gasteiger partial charge on any atom is -0.481 e. The number of hydrogen-bond donors (Lipinski definition) is 4. The molecule has 7 nitrogen and oxygen atoms in total. The van der Waals surface area contributed by atoms with E-state index in [1.807, 2.05) is 0 Å². The number of carbonyl (C=O) groups is 2. The standard InChI is InChI=1S/C23H33FO7/c24-14-15-6-5-7-16(12-15)31-23(30)19(25)11-10-18-17(20(26)13-21(18)27)8-3-1-2-4-9-22(28)29/h5-7,12,17-21,25-27H,1-4,8-11,13-14H2,(H,28,29)/t17-,18-,19?,20+,21-/m1/s1. The molecule has 8 heteroatoms. The van der Waals surface area contributed by atoms with E-state index < -0.39 is 36.9 Å². The van der Waals surface area contributed by atoms with Crippen molar-refractivity contribution in [1.82, 2.24) is 0 Å². The normalized spacial score (nSPS) is 24.1. The van der Waals surface area contributed by atoms with E-state index in [1.54, 1.807) is 12.1 Å². The largest absolute Gasteiger partial charge is 0.481 e. The smallest absolute Gasteiger partial charge is 0.340 e. The van der Waals surface area contributed by atoms with Gasteiger partial charge in [-0.2, -0.15) is 0 Å². The van der Waals surface area contributed by atoms with Gasteiger partial charge in [-0.05, 0) is 61.6 Å². The van der Waals surface area contributed by atoms with E-state index in [0.717, 1.165) is 19.3 Å². The Hall–Kier alpha value is -2.03. The van der Waals surface area contributed by atoms with E-state index in [9.17, 15) is 29.3 Å². The average molecular weight is 441 g/mol. The summed E-state index contributed by atoms with van der Waals surface area (Å²) in [4.78, 5) is 22.7. The van der Waals surface area contributed by atoms with Crippen LogP contribution in [0.1, 0.15) is 63.4 Å². The molecule has 0 aromatic heterocycles. The van der Waals surface area contributed by atoms with Crippen LogP contribution >= 0.6 is 0 Å². The third kappa shape index (κ3) is 8.20. The molecule has 31 heavy (non-hydrogen) atoms. The van der Waals surface area contributed by atoms with Gasteiger partial charge in [0.25, 0.3) is 0 Å². The van der Waals surface area contributed by atoms with E-state index in [0.29, 0.717) is 24.8 Å². The number of ether oxygens (including phenoxy) is 1. The van der Waals surface area contributed by atoms with Crippen LogP contribution in [0.25, 0.3) is 0 Å². The molecule has 1 saturated carbocycles. The van der Waals surface area contributed by atoms with Crippen LogP contribution in [0.5, 0.6) is 5.75 Å². The van der Waals surface area contributed by atoms with Crippen molar-refractivity contribution in [3.63, 3.8) is 0 Å².